The third-order valence-electron chi connectivity index (χ3n) is 4.91. The maximum Gasteiger partial charge on any atom is 0.276 e. The van der Waals surface area contributed by atoms with E-state index in [-0.39, 0.29) is 11.9 Å². The molecule has 1 heterocycles. The SMILES string of the molecule is CN(C(=O)c1cc(-c2ccccc2)on1)C1CCCc2ccccc21. The summed E-state index contributed by atoms with van der Waals surface area (Å²) < 4.78 is 5.38. The van der Waals surface area contributed by atoms with E-state index in [1.54, 1.807) is 11.0 Å². The summed E-state index contributed by atoms with van der Waals surface area (Å²) in [4.78, 5) is 14.7. The van der Waals surface area contributed by atoms with Crippen LogP contribution in [0.15, 0.2) is 65.2 Å². The molecule has 0 fully saturated rings. The van der Waals surface area contributed by atoms with Crippen LogP contribution < -0.4 is 0 Å². The van der Waals surface area contributed by atoms with E-state index in [0.29, 0.717) is 11.5 Å². The van der Waals surface area contributed by atoms with Crippen LogP contribution in [0.3, 0.4) is 0 Å². The van der Waals surface area contributed by atoms with Crippen LogP contribution in [-0.2, 0) is 6.42 Å². The molecule has 0 radical (unpaired) electrons. The maximum absolute atomic E-state index is 12.9. The van der Waals surface area contributed by atoms with Crippen molar-refractivity contribution in [3.63, 3.8) is 0 Å². The molecule has 1 amide bonds. The molecule has 25 heavy (non-hydrogen) atoms. The van der Waals surface area contributed by atoms with Gasteiger partial charge in [-0.2, -0.15) is 0 Å². The molecule has 0 saturated carbocycles. The highest BCUT2D eigenvalue weighted by molar-refractivity contribution is 5.93. The smallest absolute Gasteiger partial charge is 0.276 e. The summed E-state index contributed by atoms with van der Waals surface area (Å²) in [6, 6.07) is 19.9. The molecule has 0 aliphatic heterocycles. The fourth-order valence-corrected chi connectivity index (χ4v) is 3.57. The molecule has 4 nitrogen and oxygen atoms in total. The molecular weight excluding hydrogens is 312 g/mol. The average molecular weight is 332 g/mol. The second kappa shape index (κ2) is 6.55. The fourth-order valence-electron chi connectivity index (χ4n) is 3.57. The summed E-state index contributed by atoms with van der Waals surface area (Å²) >= 11 is 0. The Morgan fingerprint density at radius 3 is 2.72 bits per heavy atom. The molecule has 1 aliphatic carbocycles. The van der Waals surface area contributed by atoms with Gasteiger partial charge in [-0.1, -0.05) is 59.8 Å². The maximum atomic E-state index is 12.9. The third-order valence-corrected chi connectivity index (χ3v) is 4.91. The predicted molar refractivity (Wildman–Crippen MR) is 96.2 cm³/mol. The standard InChI is InChI=1S/C21H20N2O2/c1-23(19-13-7-11-15-8-5-6-12-17(15)19)21(24)18-14-20(25-22-18)16-9-3-2-4-10-16/h2-6,8-10,12,14,19H,7,11,13H2,1H3. The molecule has 0 N–H and O–H groups in total. The summed E-state index contributed by atoms with van der Waals surface area (Å²) in [6.07, 6.45) is 3.15. The van der Waals surface area contributed by atoms with Crippen molar-refractivity contribution in [3.05, 3.63) is 77.5 Å². The van der Waals surface area contributed by atoms with Crippen molar-refractivity contribution in [2.45, 2.75) is 25.3 Å². The monoisotopic (exact) mass is 332 g/mol. The van der Waals surface area contributed by atoms with E-state index in [0.717, 1.165) is 24.8 Å². The Morgan fingerprint density at radius 2 is 1.88 bits per heavy atom. The minimum absolute atomic E-state index is 0.0920. The van der Waals surface area contributed by atoms with Gasteiger partial charge in [0.25, 0.3) is 5.91 Å². The number of hydrogen-bond donors (Lipinski definition) is 0. The van der Waals surface area contributed by atoms with Crippen LogP contribution in [0.1, 0.15) is 40.5 Å². The first-order chi connectivity index (χ1) is 12.2. The second-order valence-corrected chi connectivity index (χ2v) is 6.47. The van der Waals surface area contributed by atoms with E-state index in [2.05, 4.69) is 23.4 Å². The fraction of sp³-hybridized carbons (Fsp3) is 0.238. The number of rotatable bonds is 3. The minimum atomic E-state index is -0.104. The number of carbonyl (C=O) groups is 1. The van der Waals surface area contributed by atoms with Crippen molar-refractivity contribution >= 4 is 5.91 Å². The molecule has 3 aromatic rings. The van der Waals surface area contributed by atoms with Gasteiger partial charge >= 0.3 is 0 Å². The number of carbonyl (C=O) groups excluding carboxylic acids is 1. The Labute approximate surface area is 147 Å². The second-order valence-electron chi connectivity index (χ2n) is 6.47. The predicted octanol–water partition coefficient (Wildman–Crippen LogP) is 4.49. The van der Waals surface area contributed by atoms with Crippen molar-refractivity contribution in [2.75, 3.05) is 7.05 Å². The van der Waals surface area contributed by atoms with Gasteiger partial charge in [0.1, 0.15) is 0 Å². The van der Waals surface area contributed by atoms with E-state index < -0.39 is 0 Å². The molecule has 4 rings (SSSR count). The first kappa shape index (κ1) is 15.6. The van der Waals surface area contributed by atoms with Crippen LogP contribution in [0.2, 0.25) is 0 Å². The van der Waals surface area contributed by atoms with Crippen molar-refractivity contribution in [3.8, 4) is 11.3 Å². The van der Waals surface area contributed by atoms with Gasteiger partial charge in [-0.3, -0.25) is 4.79 Å². The van der Waals surface area contributed by atoms with E-state index in [1.807, 2.05) is 43.4 Å². The summed E-state index contributed by atoms with van der Waals surface area (Å²) in [5.41, 5.74) is 3.85. The highest BCUT2D eigenvalue weighted by Gasteiger charge is 2.28. The Morgan fingerprint density at radius 1 is 1.12 bits per heavy atom. The number of fused-ring (bicyclic) bond motifs is 1. The lowest BCUT2D eigenvalue weighted by Gasteiger charge is -2.32. The van der Waals surface area contributed by atoms with Crippen LogP contribution in [0.5, 0.6) is 0 Å². The topological polar surface area (TPSA) is 46.3 Å². The zero-order valence-corrected chi connectivity index (χ0v) is 14.2. The van der Waals surface area contributed by atoms with Crippen LogP contribution in [0, 0.1) is 0 Å². The molecule has 2 aromatic carbocycles. The Kier molecular flexibility index (Phi) is 4.10. The zero-order valence-electron chi connectivity index (χ0n) is 14.2. The number of aromatic nitrogens is 1. The van der Waals surface area contributed by atoms with Gasteiger partial charge in [-0.15, -0.1) is 0 Å². The van der Waals surface area contributed by atoms with Gasteiger partial charge in [0.15, 0.2) is 11.5 Å². The van der Waals surface area contributed by atoms with E-state index in [9.17, 15) is 4.79 Å². The molecule has 1 atom stereocenters. The molecule has 126 valence electrons. The van der Waals surface area contributed by atoms with E-state index >= 15 is 0 Å². The van der Waals surface area contributed by atoms with Crippen molar-refractivity contribution in [2.24, 2.45) is 0 Å². The third kappa shape index (κ3) is 2.95. The zero-order chi connectivity index (χ0) is 17.2. The summed E-state index contributed by atoms with van der Waals surface area (Å²) in [5, 5.41) is 4.00. The van der Waals surface area contributed by atoms with Crippen LogP contribution in [0.25, 0.3) is 11.3 Å². The first-order valence-electron chi connectivity index (χ1n) is 8.61. The number of hydrogen-bond acceptors (Lipinski definition) is 3. The molecule has 1 aliphatic rings. The molecule has 1 aromatic heterocycles. The van der Waals surface area contributed by atoms with E-state index in [4.69, 9.17) is 4.52 Å². The molecule has 0 bridgehead atoms. The van der Waals surface area contributed by atoms with Crippen LogP contribution in [0.4, 0.5) is 0 Å². The van der Waals surface area contributed by atoms with Gasteiger partial charge in [0.05, 0.1) is 6.04 Å². The molecular formula is C21H20N2O2. The number of benzene rings is 2. The highest BCUT2D eigenvalue weighted by atomic mass is 16.5. The van der Waals surface area contributed by atoms with Crippen molar-refractivity contribution < 1.29 is 9.32 Å². The van der Waals surface area contributed by atoms with Crippen LogP contribution in [-0.4, -0.2) is 23.0 Å². The molecule has 4 heteroatoms. The Hall–Kier alpha value is -2.88. The van der Waals surface area contributed by atoms with Gasteiger partial charge in [0, 0.05) is 18.7 Å². The highest BCUT2D eigenvalue weighted by Crippen LogP contribution is 2.34. The van der Waals surface area contributed by atoms with Gasteiger partial charge in [-0.25, -0.2) is 0 Å². The summed E-state index contributed by atoms with van der Waals surface area (Å²) in [5.74, 6) is 0.508. The quantitative estimate of drug-likeness (QED) is 0.710. The summed E-state index contributed by atoms with van der Waals surface area (Å²) in [6.45, 7) is 0. The average Bonchev–Trinajstić information content (AvgIpc) is 3.17. The number of amides is 1. The summed E-state index contributed by atoms with van der Waals surface area (Å²) in [7, 11) is 1.85. The molecule has 0 saturated heterocycles. The largest absolute Gasteiger partial charge is 0.355 e. The lowest BCUT2D eigenvalue weighted by Crippen LogP contribution is -2.33. The molecule has 0 spiro atoms. The van der Waals surface area contributed by atoms with Gasteiger partial charge in [-0.05, 0) is 30.4 Å². The number of nitrogens with zero attached hydrogens (tertiary/aromatic N) is 2. The van der Waals surface area contributed by atoms with Crippen molar-refractivity contribution in [1.29, 1.82) is 0 Å². The molecule has 1 unspecified atom stereocenters. The number of aryl methyl sites for hydroxylation is 1. The van der Waals surface area contributed by atoms with Gasteiger partial charge in [0.2, 0.25) is 0 Å². The van der Waals surface area contributed by atoms with Crippen LogP contribution >= 0.6 is 0 Å². The normalized spacial score (nSPS) is 16.3. The minimum Gasteiger partial charge on any atom is -0.355 e. The Bertz CT molecular complexity index is 886. The van der Waals surface area contributed by atoms with Crippen molar-refractivity contribution in [1.82, 2.24) is 10.1 Å². The van der Waals surface area contributed by atoms with E-state index in [1.165, 1.54) is 11.1 Å². The van der Waals surface area contributed by atoms with Gasteiger partial charge < -0.3 is 9.42 Å². The lowest BCUT2D eigenvalue weighted by molar-refractivity contribution is 0.0704. The lowest BCUT2D eigenvalue weighted by atomic mass is 9.87. The Balaban J connectivity index is 1.59. The first-order valence-corrected chi connectivity index (χ1v) is 8.61.